The van der Waals surface area contributed by atoms with Crippen LogP contribution in [0.5, 0.6) is 5.75 Å². The molecule has 3 nitrogen and oxygen atoms in total. The highest BCUT2D eigenvalue weighted by molar-refractivity contribution is 5.98. The zero-order valence-electron chi connectivity index (χ0n) is 11.0. The van der Waals surface area contributed by atoms with Crippen LogP contribution in [-0.4, -0.2) is 16.7 Å². The van der Waals surface area contributed by atoms with E-state index in [2.05, 4.69) is 4.74 Å². The first kappa shape index (κ1) is 13.7. The number of nitrogens with zero attached hydrogens (tertiary/aromatic N) is 1. The van der Waals surface area contributed by atoms with Crippen LogP contribution < -0.4 is 4.74 Å². The molecule has 21 heavy (non-hydrogen) atoms. The second-order valence-electron chi connectivity index (χ2n) is 4.84. The molecule has 0 saturated carbocycles. The van der Waals surface area contributed by atoms with E-state index in [0.717, 1.165) is 5.69 Å². The van der Waals surface area contributed by atoms with Crippen molar-refractivity contribution in [3.05, 3.63) is 47.8 Å². The second-order valence-corrected chi connectivity index (χ2v) is 4.84. The summed E-state index contributed by atoms with van der Waals surface area (Å²) in [5.74, 6) is -0.245. The third-order valence-corrected chi connectivity index (χ3v) is 3.46. The molecule has 1 aliphatic rings. The van der Waals surface area contributed by atoms with Crippen LogP contribution in [0.15, 0.2) is 36.5 Å². The molecule has 1 heterocycles. The van der Waals surface area contributed by atoms with Crippen LogP contribution in [0.3, 0.4) is 0 Å². The van der Waals surface area contributed by atoms with Crippen molar-refractivity contribution in [1.29, 1.82) is 0 Å². The number of carbonyl (C=O) groups excluding carboxylic acids is 1. The van der Waals surface area contributed by atoms with Gasteiger partial charge < -0.3 is 9.30 Å². The second kappa shape index (κ2) is 4.95. The minimum absolute atomic E-state index is 0.0317. The summed E-state index contributed by atoms with van der Waals surface area (Å²) >= 11 is 0. The largest absolute Gasteiger partial charge is 0.573 e. The Morgan fingerprint density at radius 3 is 2.62 bits per heavy atom. The Bertz CT molecular complexity index is 688. The number of aromatic nitrogens is 1. The number of hydrogen-bond acceptors (Lipinski definition) is 2. The number of para-hydroxylation sites is 2. The Balaban J connectivity index is 2.08. The predicted octanol–water partition coefficient (Wildman–Crippen LogP) is 3.89. The maximum absolute atomic E-state index is 12.5. The molecule has 1 aliphatic carbocycles. The molecule has 0 fully saturated rings. The van der Waals surface area contributed by atoms with Gasteiger partial charge in [0.25, 0.3) is 0 Å². The molecular weight excluding hydrogens is 283 g/mol. The van der Waals surface area contributed by atoms with Gasteiger partial charge in [-0.05, 0) is 31.0 Å². The fraction of sp³-hybridized carbons (Fsp3) is 0.267. The van der Waals surface area contributed by atoms with Gasteiger partial charge in [0.15, 0.2) is 11.5 Å². The molecule has 0 radical (unpaired) electrons. The van der Waals surface area contributed by atoms with E-state index in [9.17, 15) is 18.0 Å². The van der Waals surface area contributed by atoms with E-state index in [1.54, 1.807) is 29.0 Å². The molecule has 0 amide bonds. The summed E-state index contributed by atoms with van der Waals surface area (Å²) in [5, 5.41) is 0. The molecule has 1 aromatic heterocycles. The SMILES string of the molecule is O=C1CCCc2c1ccn2-c1ccccc1OC(F)(F)F. The molecule has 3 rings (SSSR count). The average molecular weight is 295 g/mol. The minimum atomic E-state index is -4.75. The van der Waals surface area contributed by atoms with Gasteiger partial charge in [0.2, 0.25) is 0 Å². The van der Waals surface area contributed by atoms with Crippen molar-refractivity contribution in [3.8, 4) is 11.4 Å². The monoisotopic (exact) mass is 295 g/mol. The third-order valence-electron chi connectivity index (χ3n) is 3.46. The summed E-state index contributed by atoms with van der Waals surface area (Å²) in [7, 11) is 0. The van der Waals surface area contributed by atoms with Crippen molar-refractivity contribution in [2.75, 3.05) is 0 Å². The van der Waals surface area contributed by atoms with Crippen LogP contribution in [0, 0.1) is 0 Å². The number of hydrogen-bond donors (Lipinski definition) is 0. The third kappa shape index (κ3) is 2.66. The molecule has 0 spiro atoms. The summed E-state index contributed by atoms with van der Waals surface area (Å²) in [5.41, 5.74) is 1.61. The van der Waals surface area contributed by atoms with E-state index in [1.807, 2.05) is 0 Å². The summed E-state index contributed by atoms with van der Waals surface area (Å²) in [6.45, 7) is 0. The molecule has 110 valence electrons. The van der Waals surface area contributed by atoms with Gasteiger partial charge in [-0.15, -0.1) is 13.2 Å². The maximum atomic E-state index is 12.5. The molecule has 0 N–H and O–H groups in total. The Hall–Kier alpha value is -2.24. The molecule has 6 heteroatoms. The van der Waals surface area contributed by atoms with Crippen LogP contribution in [-0.2, 0) is 6.42 Å². The normalized spacial score (nSPS) is 14.9. The van der Waals surface area contributed by atoms with E-state index >= 15 is 0 Å². The van der Waals surface area contributed by atoms with Crippen molar-refractivity contribution >= 4 is 5.78 Å². The van der Waals surface area contributed by atoms with Gasteiger partial charge in [-0.25, -0.2) is 0 Å². The smallest absolute Gasteiger partial charge is 0.404 e. The molecule has 0 aliphatic heterocycles. The molecule has 1 aromatic carbocycles. The summed E-state index contributed by atoms with van der Waals surface area (Å²) < 4.78 is 43.1. The Labute approximate surface area is 118 Å². The van der Waals surface area contributed by atoms with Crippen molar-refractivity contribution < 1.29 is 22.7 Å². The Morgan fingerprint density at radius 1 is 1.10 bits per heavy atom. The first-order valence-corrected chi connectivity index (χ1v) is 6.54. The van der Waals surface area contributed by atoms with Gasteiger partial charge in [0.05, 0.1) is 5.69 Å². The lowest BCUT2D eigenvalue weighted by molar-refractivity contribution is -0.274. The standard InChI is InChI=1S/C15H12F3NO2/c16-15(17,18)21-14-7-2-1-4-12(14)19-9-8-10-11(19)5-3-6-13(10)20/h1-2,4,7-9H,3,5-6H2. The van der Waals surface area contributed by atoms with E-state index in [-0.39, 0.29) is 17.2 Å². The number of Topliss-reactive ketones (excluding diaryl/α,β-unsaturated/α-hetero) is 1. The predicted molar refractivity (Wildman–Crippen MR) is 69.7 cm³/mol. The Morgan fingerprint density at radius 2 is 1.86 bits per heavy atom. The van der Waals surface area contributed by atoms with Crippen LogP contribution in [0.4, 0.5) is 13.2 Å². The molecule has 2 aromatic rings. The zero-order valence-corrected chi connectivity index (χ0v) is 11.0. The molecular formula is C15H12F3NO2. The number of carbonyl (C=O) groups is 1. The van der Waals surface area contributed by atoms with E-state index in [1.165, 1.54) is 12.1 Å². The molecule has 0 bridgehead atoms. The average Bonchev–Trinajstić information content (AvgIpc) is 2.83. The van der Waals surface area contributed by atoms with E-state index in [4.69, 9.17) is 0 Å². The summed E-state index contributed by atoms with van der Waals surface area (Å²) in [6, 6.07) is 7.57. The number of rotatable bonds is 2. The van der Waals surface area contributed by atoms with Gasteiger partial charge in [0, 0.05) is 23.9 Å². The van der Waals surface area contributed by atoms with Crippen molar-refractivity contribution in [3.63, 3.8) is 0 Å². The van der Waals surface area contributed by atoms with Gasteiger partial charge in [0.1, 0.15) is 0 Å². The number of halogens is 3. The first-order valence-electron chi connectivity index (χ1n) is 6.54. The number of ether oxygens (including phenoxy) is 1. The maximum Gasteiger partial charge on any atom is 0.573 e. The van der Waals surface area contributed by atoms with Gasteiger partial charge in [-0.3, -0.25) is 4.79 Å². The topological polar surface area (TPSA) is 31.2 Å². The lowest BCUT2D eigenvalue weighted by Gasteiger charge is -2.18. The molecule has 0 atom stereocenters. The van der Waals surface area contributed by atoms with E-state index in [0.29, 0.717) is 24.8 Å². The molecule has 0 unspecified atom stereocenters. The quantitative estimate of drug-likeness (QED) is 0.841. The molecule has 0 saturated heterocycles. The van der Waals surface area contributed by atoms with Crippen molar-refractivity contribution in [2.45, 2.75) is 25.6 Å². The lowest BCUT2D eigenvalue weighted by Crippen LogP contribution is -2.19. The minimum Gasteiger partial charge on any atom is -0.404 e. The van der Waals surface area contributed by atoms with Crippen molar-refractivity contribution in [2.24, 2.45) is 0 Å². The van der Waals surface area contributed by atoms with Crippen LogP contribution in [0.1, 0.15) is 28.9 Å². The van der Waals surface area contributed by atoms with Gasteiger partial charge >= 0.3 is 6.36 Å². The van der Waals surface area contributed by atoms with Crippen LogP contribution in [0.25, 0.3) is 5.69 Å². The van der Waals surface area contributed by atoms with E-state index < -0.39 is 6.36 Å². The Kier molecular flexibility index (Phi) is 3.23. The lowest BCUT2D eigenvalue weighted by atomic mass is 9.97. The fourth-order valence-electron chi connectivity index (χ4n) is 2.62. The van der Waals surface area contributed by atoms with Crippen LogP contribution >= 0.6 is 0 Å². The summed E-state index contributed by atoms with van der Waals surface area (Å²) in [4.78, 5) is 11.8. The van der Waals surface area contributed by atoms with Gasteiger partial charge in [-0.2, -0.15) is 0 Å². The first-order chi connectivity index (χ1) is 9.96. The van der Waals surface area contributed by atoms with Gasteiger partial charge in [-0.1, -0.05) is 12.1 Å². The highest BCUT2D eigenvalue weighted by Gasteiger charge is 2.32. The number of fused-ring (bicyclic) bond motifs is 1. The number of alkyl halides is 3. The zero-order chi connectivity index (χ0) is 15.0. The van der Waals surface area contributed by atoms with Crippen LogP contribution in [0.2, 0.25) is 0 Å². The number of ketones is 1. The van der Waals surface area contributed by atoms with Crippen molar-refractivity contribution in [1.82, 2.24) is 4.57 Å². The highest BCUT2D eigenvalue weighted by atomic mass is 19.4. The highest BCUT2D eigenvalue weighted by Crippen LogP contribution is 2.32. The summed E-state index contributed by atoms with van der Waals surface area (Å²) in [6.07, 6.45) is -1.28. The number of benzene rings is 1. The fourth-order valence-corrected chi connectivity index (χ4v) is 2.62.